The Labute approximate surface area is 171 Å². The van der Waals surface area contributed by atoms with Gasteiger partial charge in [-0.1, -0.05) is 6.08 Å². The summed E-state index contributed by atoms with van der Waals surface area (Å²) in [6, 6.07) is 15.0. The fourth-order valence-corrected chi connectivity index (χ4v) is 2.78. The largest absolute Gasteiger partial charge is 0.493 e. The highest BCUT2D eigenvalue weighted by molar-refractivity contribution is 5.40. The lowest BCUT2D eigenvalue weighted by Gasteiger charge is -2.11. The summed E-state index contributed by atoms with van der Waals surface area (Å²) in [7, 11) is 4.01. The zero-order chi connectivity index (χ0) is 20.6. The minimum atomic E-state index is -0.133. The van der Waals surface area contributed by atoms with Gasteiger partial charge < -0.3 is 14.4 Å². The molecule has 0 bridgehead atoms. The van der Waals surface area contributed by atoms with E-state index in [2.05, 4.69) is 11.5 Å². The molecule has 0 saturated heterocycles. The van der Waals surface area contributed by atoms with Crippen LogP contribution >= 0.6 is 0 Å². The Bertz CT molecular complexity index is 970. The maximum atomic E-state index is 12.8. The predicted octanol–water partition coefficient (Wildman–Crippen LogP) is 3.52. The van der Waals surface area contributed by atoms with Crippen molar-refractivity contribution in [2.24, 2.45) is 0 Å². The van der Waals surface area contributed by atoms with E-state index in [0.717, 1.165) is 35.8 Å². The molecule has 2 aromatic carbocycles. The summed E-state index contributed by atoms with van der Waals surface area (Å²) in [6.07, 6.45) is 6.14. The van der Waals surface area contributed by atoms with Crippen LogP contribution in [0.2, 0.25) is 0 Å². The van der Waals surface area contributed by atoms with Crippen molar-refractivity contribution in [2.45, 2.75) is 6.42 Å². The second kappa shape index (κ2) is 9.80. The van der Waals surface area contributed by atoms with E-state index in [0.29, 0.717) is 13.2 Å². The average molecular weight is 393 g/mol. The van der Waals surface area contributed by atoms with Crippen LogP contribution in [0, 0.1) is 0 Å². The Morgan fingerprint density at radius 3 is 1.79 bits per heavy atom. The Morgan fingerprint density at radius 2 is 1.34 bits per heavy atom. The second-order valence-electron chi connectivity index (χ2n) is 6.89. The molecular formula is C23H27N3O3. The van der Waals surface area contributed by atoms with Crippen molar-refractivity contribution >= 4 is 0 Å². The van der Waals surface area contributed by atoms with Gasteiger partial charge in [-0.3, -0.25) is 9.13 Å². The van der Waals surface area contributed by atoms with Gasteiger partial charge in [-0.2, -0.15) is 0 Å². The molecule has 0 spiro atoms. The van der Waals surface area contributed by atoms with Gasteiger partial charge in [0.1, 0.15) is 18.1 Å². The summed E-state index contributed by atoms with van der Waals surface area (Å²) in [4.78, 5) is 14.9. The molecule has 29 heavy (non-hydrogen) atoms. The van der Waals surface area contributed by atoms with Crippen molar-refractivity contribution < 1.29 is 9.47 Å². The molecule has 0 atom stereocenters. The third-order valence-corrected chi connectivity index (χ3v) is 4.40. The van der Waals surface area contributed by atoms with Crippen LogP contribution in [0.15, 0.2) is 78.4 Å². The lowest BCUT2D eigenvalue weighted by Crippen LogP contribution is -2.21. The van der Waals surface area contributed by atoms with Crippen LogP contribution in [0.3, 0.4) is 0 Å². The van der Waals surface area contributed by atoms with Gasteiger partial charge in [0.05, 0.1) is 18.0 Å². The van der Waals surface area contributed by atoms with Crippen molar-refractivity contribution in [2.75, 3.05) is 33.9 Å². The summed E-state index contributed by atoms with van der Waals surface area (Å²) in [6.45, 7) is 5.74. The maximum absolute atomic E-state index is 12.8. The first-order valence-corrected chi connectivity index (χ1v) is 9.60. The molecule has 3 aromatic rings. The topological polar surface area (TPSA) is 48.6 Å². The van der Waals surface area contributed by atoms with Crippen LogP contribution in [-0.4, -0.2) is 47.9 Å². The smallest absolute Gasteiger partial charge is 0.337 e. The molecule has 0 aliphatic heterocycles. The number of hydrogen-bond donors (Lipinski definition) is 0. The van der Waals surface area contributed by atoms with Crippen LogP contribution in [0.5, 0.6) is 11.5 Å². The minimum Gasteiger partial charge on any atom is -0.493 e. The van der Waals surface area contributed by atoms with E-state index in [1.807, 2.05) is 68.7 Å². The van der Waals surface area contributed by atoms with Crippen molar-refractivity contribution in [3.05, 3.63) is 84.1 Å². The van der Waals surface area contributed by atoms with Crippen molar-refractivity contribution in [3.63, 3.8) is 0 Å². The van der Waals surface area contributed by atoms with E-state index in [1.165, 1.54) is 0 Å². The number of benzene rings is 2. The molecule has 0 saturated carbocycles. The molecule has 6 nitrogen and oxygen atoms in total. The van der Waals surface area contributed by atoms with Crippen LogP contribution in [0.4, 0.5) is 0 Å². The molecule has 1 aromatic heterocycles. The predicted molar refractivity (Wildman–Crippen MR) is 116 cm³/mol. The van der Waals surface area contributed by atoms with E-state index < -0.39 is 0 Å². The fraction of sp³-hybridized carbons (Fsp3) is 0.261. The standard InChI is InChI=1S/C23H27N3O3/c1-4-5-17-28-21-10-6-19(7-11-21)25-14-15-26(23(25)27)20-8-12-22(13-9-20)29-18-16-24(2)3/h4,6-15H,1,5,16-18H2,2-3H3. The monoisotopic (exact) mass is 393 g/mol. The van der Waals surface area contributed by atoms with Crippen molar-refractivity contribution in [1.29, 1.82) is 0 Å². The SMILES string of the molecule is C=CCCOc1ccc(-n2ccn(-c3ccc(OCCN(C)C)cc3)c2=O)cc1. The number of imidazole rings is 1. The zero-order valence-corrected chi connectivity index (χ0v) is 17.0. The zero-order valence-electron chi connectivity index (χ0n) is 17.0. The molecule has 0 aliphatic carbocycles. The Hall–Kier alpha value is -3.25. The molecule has 0 fully saturated rings. The molecule has 152 valence electrons. The molecule has 0 radical (unpaired) electrons. The van der Waals surface area contributed by atoms with Crippen LogP contribution in [0.1, 0.15) is 6.42 Å². The van der Waals surface area contributed by atoms with Gasteiger partial charge in [0.15, 0.2) is 0 Å². The first-order valence-electron chi connectivity index (χ1n) is 9.60. The summed E-state index contributed by atoms with van der Waals surface area (Å²) in [5.74, 6) is 1.56. The number of hydrogen-bond acceptors (Lipinski definition) is 4. The van der Waals surface area contributed by atoms with E-state index in [-0.39, 0.29) is 5.69 Å². The number of ether oxygens (including phenoxy) is 2. The van der Waals surface area contributed by atoms with Crippen molar-refractivity contribution in [1.82, 2.24) is 14.0 Å². The molecule has 0 N–H and O–H groups in total. The quantitative estimate of drug-likeness (QED) is 0.391. The molecular weight excluding hydrogens is 366 g/mol. The molecule has 6 heteroatoms. The number of nitrogens with zero attached hydrogens (tertiary/aromatic N) is 3. The summed E-state index contributed by atoms with van der Waals surface area (Å²) in [5.41, 5.74) is 1.44. The van der Waals surface area contributed by atoms with E-state index in [1.54, 1.807) is 21.5 Å². The minimum absolute atomic E-state index is 0.133. The molecule has 1 heterocycles. The van der Waals surface area contributed by atoms with Crippen LogP contribution in [0.25, 0.3) is 11.4 Å². The number of aromatic nitrogens is 2. The number of rotatable bonds is 10. The van der Waals surface area contributed by atoms with Gasteiger partial charge in [-0.25, -0.2) is 4.79 Å². The maximum Gasteiger partial charge on any atom is 0.337 e. The second-order valence-corrected chi connectivity index (χ2v) is 6.89. The van der Waals surface area contributed by atoms with Gasteiger partial charge in [0, 0.05) is 18.9 Å². The highest BCUT2D eigenvalue weighted by atomic mass is 16.5. The summed E-state index contributed by atoms with van der Waals surface area (Å²) < 4.78 is 14.5. The molecule has 0 aliphatic rings. The Kier molecular flexibility index (Phi) is 6.92. The first-order chi connectivity index (χ1) is 14.1. The normalized spacial score (nSPS) is 10.9. The third-order valence-electron chi connectivity index (χ3n) is 4.40. The molecule has 0 unspecified atom stereocenters. The summed E-state index contributed by atoms with van der Waals surface area (Å²) in [5, 5.41) is 0. The van der Waals surface area contributed by atoms with Crippen LogP contribution < -0.4 is 15.2 Å². The van der Waals surface area contributed by atoms with E-state index in [4.69, 9.17) is 9.47 Å². The van der Waals surface area contributed by atoms with Gasteiger partial charge in [0.25, 0.3) is 0 Å². The Balaban J connectivity index is 1.70. The Morgan fingerprint density at radius 1 is 0.862 bits per heavy atom. The molecule has 3 rings (SSSR count). The average Bonchev–Trinajstić information content (AvgIpc) is 3.10. The van der Waals surface area contributed by atoms with Gasteiger partial charge in [-0.15, -0.1) is 6.58 Å². The fourth-order valence-electron chi connectivity index (χ4n) is 2.78. The van der Waals surface area contributed by atoms with E-state index in [9.17, 15) is 4.79 Å². The first kappa shape index (κ1) is 20.5. The van der Waals surface area contributed by atoms with Crippen LogP contribution in [-0.2, 0) is 0 Å². The highest BCUT2D eigenvalue weighted by Crippen LogP contribution is 2.17. The van der Waals surface area contributed by atoms with Crippen molar-refractivity contribution in [3.8, 4) is 22.9 Å². The van der Waals surface area contributed by atoms with Gasteiger partial charge in [0.2, 0.25) is 0 Å². The van der Waals surface area contributed by atoms with Gasteiger partial charge in [-0.05, 0) is 69.0 Å². The lowest BCUT2D eigenvalue weighted by molar-refractivity contribution is 0.261. The highest BCUT2D eigenvalue weighted by Gasteiger charge is 2.08. The van der Waals surface area contributed by atoms with E-state index >= 15 is 0 Å². The molecule has 0 amide bonds. The third kappa shape index (κ3) is 5.39. The lowest BCUT2D eigenvalue weighted by atomic mass is 10.3. The summed E-state index contributed by atoms with van der Waals surface area (Å²) >= 11 is 0. The van der Waals surface area contributed by atoms with Gasteiger partial charge >= 0.3 is 5.69 Å². The number of likely N-dealkylation sites (N-methyl/N-ethyl adjacent to an activating group) is 1.